The summed E-state index contributed by atoms with van der Waals surface area (Å²) in [5, 5.41) is 0. The first kappa shape index (κ1) is 10.4. The zero-order chi connectivity index (χ0) is 10.7. The van der Waals surface area contributed by atoms with Crippen LogP contribution >= 0.6 is 0 Å². The molecule has 0 heterocycles. The lowest BCUT2D eigenvalue weighted by molar-refractivity contribution is 0.144. The van der Waals surface area contributed by atoms with E-state index < -0.39 is 0 Å². The second kappa shape index (κ2) is 4.62. The largest absolute Gasteiger partial charge is 0.490 e. The minimum Gasteiger partial charge on any atom is -0.490 e. The van der Waals surface area contributed by atoms with E-state index in [1.165, 1.54) is 12.1 Å². The molecular weight excluding hydrogens is 193 g/mol. The number of nitrogens with two attached hydrogens (primary N) is 1. The summed E-state index contributed by atoms with van der Waals surface area (Å²) in [6.45, 7) is 0. The summed E-state index contributed by atoms with van der Waals surface area (Å²) in [7, 11) is 0. The SMILES string of the molecule is NC1CCCC(Oc2ccc(F)cc2)C1. The van der Waals surface area contributed by atoms with Crippen molar-refractivity contribution >= 4 is 0 Å². The van der Waals surface area contributed by atoms with E-state index in [4.69, 9.17) is 10.5 Å². The second-order valence-corrected chi connectivity index (χ2v) is 4.12. The van der Waals surface area contributed by atoms with Crippen LogP contribution in [0.4, 0.5) is 4.39 Å². The highest BCUT2D eigenvalue weighted by atomic mass is 19.1. The van der Waals surface area contributed by atoms with E-state index in [2.05, 4.69) is 0 Å². The molecule has 0 amide bonds. The molecule has 2 N–H and O–H groups in total. The van der Waals surface area contributed by atoms with Gasteiger partial charge in [-0.1, -0.05) is 0 Å². The lowest BCUT2D eigenvalue weighted by atomic mass is 9.93. The van der Waals surface area contributed by atoms with Gasteiger partial charge in [-0.25, -0.2) is 4.39 Å². The quantitative estimate of drug-likeness (QED) is 0.812. The van der Waals surface area contributed by atoms with Crippen LogP contribution in [0.1, 0.15) is 25.7 Å². The van der Waals surface area contributed by atoms with Gasteiger partial charge in [-0.05, 0) is 49.9 Å². The van der Waals surface area contributed by atoms with Crippen LogP contribution in [0.3, 0.4) is 0 Å². The van der Waals surface area contributed by atoms with Crippen molar-refractivity contribution in [3.63, 3.8) is 0 Å². The first-order valence-electron chi connectivity index (χ1n) is 5.42. The molecule has 0 spiro atoms. The monoisotopic (exact) mass is 209 g/mol. The van der Waals surface area contributed by atoms with Crippen molar-refractivity contribution in [2.75, 3.05) is 0 Å². The Morgan fingerprint density at radius 2 is 1.93 bits per heavy atom. The van der Waals surface area contributed by atoms with Gasteiger partial charge in [0, 0.05) is 6.04 Å². The summed E-state index contributed by atoms with van der Waals surface area (Å²) < 4.78 is 18.4. The van der Waals surface area contributed by atoms with Crippen molar-refractivity contribution in [3.05, 3.63) is 30.1 Å². The molecule has 1 aliphatic rings. The standard InChI is InChI=1S/C12H16FNO/c13-9-4-6-11(7-5-9)15-12-3-1-2-10(14)8-12/h4-7,10,12H,1-3,8,14H2. The Labute approximate surface area is 89.2 Å². The van der Waals surface area contributed by atoms with E-state index in [9.17, 15) is 4.39 Å². The molecule has 1 aromatic carbocycles. The van der Waals surface area contributed by atoms with Gasteiger partial charge in [-0.2, -0.15) is 0 Å². The highest BCUT2D eigenvalue weighted by Gasteiger charge is 2.20. The van der Waals surface area contributed by atoms with Gasteiger partial charge in [0.15, 0.2) is 0 Å². The van der Waals surface area contributed by atoms with Crippen molar-refractivity contribution in [2.24, 2.45) is 5.73 Å². The van der Waals surface area contributed by atoms with Gasteiger partial charge < -0.3 is 10.5 Å². The zero-order valence-electron chi connectivity index (χ0n) is 8.66. The molecule has 0 bridgehead atoms. The van der Waals surface area contributed by atoms with Crippen molar-refractivity contribution in [1.82, 2.24) is 0 Å². The van der Waals surface area contributed by atoms with E-state index in [1.54, 1.807) is 12.1 Å². The maximum atomic E-state index is 12.7. The zero-order valence-corrected chi connectivity index (χ0v) is 8.66. The Bertz CT molecular complexity index is 312. The molecule has 82 valence electrons. The van der Waals surface area contributed by atoms with Gasteiger partial charge in [0.2, 0.25) is 0 Å². The van der Waals surface area contributed by atoms with Crippen LogP contribution in [-0.4, -0.2) is 12.1 Å². The first-order chi connectivity index (χ1) is 7.24. The molecule has 0 radical (unpaired) electrons. The summed E-state index contributed by atoms with van der Waals surface area (Å²) in [6.07, 6.45) is 4.35. The summed E-state index contributed by atoms with van der Waals surface area (Å²) in [5.74, 6) is 0.498. The Hall–Kier alpha value is -1.09. The van der Waals surface area contributed by atoms with E-state index >= 15 is 0 Å². The fourth-order valence-electron chi connectivity index (χ4n) is 1.99. The van der Waals surface area contributed by atoms with E-state index in [0.29, 0.717) is 0 Å². The molecule has 1 fully saturated rings. The number of hydrogen-bond donors (Lipinski definition) is 1. The topological polar surface area (TPSA) is 35.2 Å². The number of halogens is 1. The smallest absolute Gasteiger partial charge is 0.123 e. The fourth-order valence-corrected chi connectivity index (χ4v) is 1.99. The molecule has 1 aliphatic carbocycles. The molecule has 15 heavy (non-hydrogen) atoms. The van der Waals surface area contributed by atoms with Crippen LogP contribution in [0.5, 0.6) is 5.75 Å². The molecule has 1 aromatic rings. The number of rotatable bonds is 2. The van der Waals surface area contributed by atoms with Crippen LogP contribution in [-0.2, 0) is 0 Å². The number of benzene rings is 1. The van der Waals surface area contributed by atoms with Crippen LogP contribution in [0.2, 0.25) is 0 Å². The Kier molecular flexibility index (Phi) is 3.21. The highest BCUT2D eigenvalue weighted by molar-refractivity contribution is 5.22. The molecule has 2 nitrogen and oxygen atoms in total. The lowest BCUT2D eigenvalue weighted by Crippen LogP contribution is -2.33. The van der Waals surface area contributed by atoms with E-state index in [1.807, 2.05) is 0 Å². The van der Waals surface area contributed by atoms with Crippen LogP contribution in [0, 0.1) is 5.82 Å². The Morgan fingerprint density at radius 3 is 2.60 bits per heavy atom. The summed E-state index contributed by atoms with van der Waals surface area (Å²) in [4.78, 5) is 0. The van der Waals surface area contributed by atoms with Crippen molar-refractivity contribution in [1.29, 1.82) is 0 Å². The molecule has 2 atom stereocenters. The summed E-state index contributed by atoms with van der Waals surface area (Å²) in [5.41, 5.74) is 5.86. The van der Waals surface area contributed by atoms with Crippen LogP contribution in [0.15, 0.2) is 24.3 Å². The molecule has 2 unspecified atom stereocenters. The van der Waals surface area contributed by atoms with Crippen molar-refractivity contribution in [2.45, 2.75) is 37.8 Å². The van der Waals surface area contributed by atoms with Gasteiger partial charge in [0.1, 0.15) is 17.7 Å². The van der Waals surface area contributed by atoms with E-state index in [-0.39, 0.29) is 18.0 Å². The fraction of sp³-hybridized carbons (Fsp3) is 0.500. The Balaban J connectivity index is 1.93. The molecule has 0 aromatic heterocycles. The third-order valence-corrected chi connectivity index (χ3v) is 2.78. The number of ether oxygens (including phenoxy) is 1. The minimum atomic E-state index is -0.234. The van der Waals surface area contributed by atoms with Crippen molar-refractivity contribution < 1.29 is 9.13 Å². The average molecular weight is 209 g/mol. The van der Waals surface area contributed by atoms with E-state index in [0.717, 1.165) is 31.4 Å². The van der Waals surface area contributed by atoms with Crippen molar-refractivity contribution in [3.8, 4) is 5.75 Å². The minimum absolute atomic E-state index is 0.194. The van der Waals surface area contributed by atoms with Gasteiger partial charge >= 0.3 is 0 Å². The van der Waals surface area contributed by atoms with Gasteiger partial charge in [0.05, 0.1) is 0 Å². The maximum absolute atomic E-state index is 12.7. The predicted molar refractivity (Wildman–Crippen MR) is 57.3 cm³/mol. The van der Waals surface area contributed by atoms with Crippen LogP contribution < -0.4 is 10.5 Å². The van der Waals surface area contributed by atoms with Gasteiger partial charge in [-0.3, -0.25) is 0 Å². The lowest BCUT2D eigenvalue weighted by Gasteiger charge is -2.27. The average Bonchev–Trinajstić information content (AvgIpc) is 2.22. The summed E-state index contributed by atoms with van der Waals surface area (Å²) in [6, 6.07) is 6.41. The highest BCUT2D eigenvalue weighted by Crippen LogP contribution is 2.22. The number of hydrogen-bond acceptors (Lipinski definition) is 2. The third kappa shape index (κ3) is 2.93. The molecular formula is C12H16FNO. The first-order valence-corrected chi connectivity index (χ1v) is 5.42. The maximum Gasteiger partial charge on any atom is 0.123 e. The Morgan fingerprint density at radius 1 is 1.20 bits per heavy atom. The molecule has 0 saturated heterocycles. The molecule has 2 rings (SSSR count). The third-order valence-electron chi connectivity index (χ3n) is 2.78. The second-order valence-electron chi connectivity index (χ2n) is 4.12. The van der Waals surface area contributed by atoms with Crippen LogP contribution in [0.25, 0.3) is 0 Å². The molecule has 1 saturated carbocycles. The normalized spacial score (nSPS) is 26.3. The summed E-state index contributed by atoms with van der Waals surface area (Å²) >= 11 is 0. The van der Waals surface area contributed by atoms with Gasteiger partial charge in [-0.15, -0.1) is 0 Å². The molecule has 0 aliphatic heterocycles. The molecule has 3 heteroatoms. The van der Waals surface area contributed by atoms with Gasteiger partial charge in [0.25, 0.3) is 0 Å². The predicted octanol–water partition coefficient (Wildman–Crippen LogP) is 2.47.